The number of hydrogen-bond acceptors (Lipinski definition) is 7. The smallest absolute Gasteiger partial charge is 0.222 e. The first-order chi connectivity index (χ1) is 12.5. The number of nitrogen functional groups attached to an aromatic ring is 1. The minimum atomic E-state index is 0.177. The van der Waals surface area contributed by atoms with Gasteiger partial charge in [0.25, 0.3) is 0 Å². The lowest BCUT2D eigenvalue weighted by Crippen LogP contribution is -2.04. The van der Waals surface area contributed by atoms with Crippen LogP contribution < -0.4 is 11.1 Å². The van der Waals surface area contributed by atoms with Crippen LogP contribution in [0.15, 0.2) is 24.7 Å². The summed E-state index contributed by atoms with van der Waals surface area (Å²) in [6.07, 6.45) is 6.22. The SMILES string of the molecule is CCCNc1ncc(-c2cc(-c3cn(C)nc3C)nc(N)c2C#N)cn1. The number of pyridine rings is 1. The predicted molar refractivity (Wildman–Crippen MR) is 100 cm³/mol. The monoisotopic (exact) mass is 348 g/mol. The number of nitrogens with one attached hydrogen (secondary N) is 1. The zero-order chi connectivity index (χ0) is 18.7. The van der Waals surface area contributed by atoms with Crippen LogP contribution in [0, 0.1) is 18.3 Å². The molecule has 132 valence electrons. The van der Waals surface area contributed by atoms with E-state index in [0.29, 0.717) is 28.3 Å². The molecular formula is C18H20N8. The maximum atomic E-state index is 9.51. The lowest BCUT2D eigenvalue weighted by Gasteiger charge is -2.10. The zero-order valence-electron chi connectivity index (χ0n) is 15.0. The quantitative estimate of drug-likeness (QED) is 0.727. The topological polar surface area (TPSA) is 118 Å². The molecule has 0 aliphatic carbocycles. The van der Waals surface area contributed by atoms with Crippen LogP contribution in [0.3, 0.4) is 0 Å². The van der Waals surface area contributed by atoms with Crippen molar-refractivity contribution < 1.29 is 0 Å². The van der Waals surface area contributed by atoms with E-state index >= 15 is 0 Å². The maximum Gasteiger partial charge on any atom is 0.222 e. The number of nitrogens with zero attached hydrogens (tertiary/aromatic N) is 6. The van der Waals surface area contributed by atoms with E-state index in [1.54, 1.807) is 17.1 Å². The van der Waals surface area contributed by atoms with Crippen molar-refractivity contribution in [2.75, 3.05) is 17.6 Å². The van der Waals surface area contributed by atoms with Crippen LogP contribution >= 0.6 is 0 Å². The van der Waals surface area contributed by atoms with Crippen LogP contribution in [0.25, 0.3) is 22.4 Å². The van der Waals surface area contributed by atoms with E-state index in [1.807, 2.05) is 26.2 Å². The van der Waals surface area contributed by atoms with E-state index in [-0.39, 0.29) is 5.82 Å². The van der Waals surface area contributed by atoms with E-state index in [0.717, 1.165) is 24.2 Å². The summed E-state index contributed by atoms with van der Waals surface area (Å²) in [5, 5.41) is 17.0. The standard InChI is InChI=1S/C18H20N8/c1-4-5-21-18-22-8-12(9-23-18)13-6-16(24-17(20)14(13)7-19)15-10-26(3)25-11(15)2/h6,8-10H,4-5H2,1-3H3,(H2,20,24)(H,21,22,23). The van der Waals surface area contributed by atoms with Crippen molar-refractivity contribution in [1.82, 2.24) is 24.7 Å². The molecule has 3 heterocycles. The van der Waals surface area contributed by atoms with Gasteiger partial charge in [-0.05, 0) is 19.4 Å². The molecule has 26 heavy (non-hydrogen) atoms. The van der Waals surface area contributed by atoms with Gasteiger partial charge < -0.3 is 11.1 Å². The molecule has 8 nitrogen and oxygen atoms in total. The summed E-state index contributed by atoms with van der Waals surface area (Å²) in [5.41, 5.74) is 10.1. The van der Waals surface area contributed by atoms with Crippen LogP contribution in [-0.2, 0) is 7.05 Å². The van der Waals surface area contributed by atoms with Crippen molar-refractivity contribution in [3.8, 4) is 28.5 Å². The molecule has 3 N–H and O–H groups in total. The molecule has 0 unspecified atom stereocenters. The van der Waals surface area contributed by atoms with Crippen molar-refractivity contribution >= 4 is 11.8 Å². The Morgan fingerprint density at radius 3 is 2.58 bits per heavy atom. The number of hydrogen-bond donors (Lipinski definition) is 2. The summed E-state index contributed by atoms with van der Waals surface area (Å²) >= 11 is 0. The number of anilines is 2. The Morgan fingerprint density at radius 1 is 1.27 bits per heavy atom. The highest BCUT2D eigenvalue weighted by atomic mass is 15.2. The molecule has 0 radical (unpaired) electrons. The minimum Gasteiger partial charge on any atom is -0.383 e. The Hall–Kier alpha value is -3.47. The zero-order valence-corrected chi connectivity index (χ0v) is 15.0. The molecule has 0 aromatic carbocycles. The summed E-state index contributed by atoms with van der Waals surface area (Å²) in [4.78, 5) is 13.0. The van der Waals surface area contributed by atoms with Crippen molar-refractivity contribution in [1.29, 1.82) is 5.26 Å². The molecule has 0 fully saturated rings. The number of nitriles is 1. The normalized spacial score (nSPS) is 10.5. The second-order valence-electron chi connectivity index (χ2n) is 5.95. The summed E-state index contributed by atoms with van der Waals surface area (Å²) in [6, 6.07) is 3.96. The van der Waals surface area contributed by atoms with E-state index in [9.17, 15) is 5.26 Å². The minimum absolute atomic E-state index is 0.177. The maximum absolute atomic E-state index is 9.51. The Morgan fingerprint density at radius 2 is 2.00 bits per heavy atom. The molecule has 0 aliphatic rings. The van der Waals surface area contributed by atoms with Gasteiger partial charge in [-0.15, -0.1) is 0 Å². The summed E-state index contributed by atoms with van der Waals surface area (Å²) in [7, 11) is 1.85. The molecule has 0 bridgehead atoms. The first kappa shape index (κ1) is 17.4. The van der Waals surface area contributed by atoms with Crippen LogP contribution in [-0.4, -0.2) is 31.3 Å². The Labute approximate surface area is 151 Å². The molecule has 0 saturated carbocycles. The van der Waals surface area contributed by atoms with Crippen molar-refractivity contribution in [2.24, 2.45) is 7.05 Å². The lowest BCUT2D eigenvalue weighted by atomic mass is 10.0. The molecule has 0 amide bonds. The summed E-state index contributed by atoms with van der Waals surface area (Å²) < 4.78 is 1.72. The van der Waals surface area contributed by atoms with E-state index < -0.39 is 0 Å². The van der Waals surface area contributed by atoms with Gasteiger partial charge >= 0.3 is 0 Å². The fourth-order valence-electron chi connectivity index (χ4n) is 2.69. The number of aryl methyl sites for hydroxylation is 2. The Balaban J connectivity index is 2.08. The third-order valence-corrected chi connectivity index (χ3v) is 3.94. The van der Waals surface area contributed by atoms with Crippen LogP contribution in [0.5, 0.6) is 0 Å². The van der Waals surface area contributed by atoms with E-state index in [2.05, 4.69) is 38.4 Å². The third kappa shape index (κ3) is 3.32. The number of aromatic nitrogens is 5. The average molecular weight is 348 g/mol. The van der Waals surface area contributed by atoms with Crippen molar-refractivity contribution in [3.05, 3.63) is 35.9 Å². The van der Waals surface area contributed by atoms with Crippen molar-refractivity contribution in [3.63, 3.8) is 0 Å². The Bertz CT molecular complexity index is 966. The molecule has 0 aliphatic heterocycles. The van der Waals surface area contributed by atoms with Gasteiger partial charge in [0.15, 0.2) is 0 Å². The molecule has 0 spiro atoms. The fraction of sp³-hybridized carbons (Fsp3) is 0.278. The molecular weight excluding hydrogens is 328 g/mol. The van der Waals surface area contributed by atoms with Gasteiger partial charge in [-0.25, -0.2) is 15.0 Å². The van der Waals surface area contributed by atoms with Crippen LogP contribution in [0.2, 0.25) is 0 Å². The van der Waals surface area contributed by atoms with Crippen LogP contribution in [0.1, 0.15) is 24.6 Å². The predicted octanol–water partition coefficient (Wildman–Crippen LogP) is 2.52. The average Bonchev–Trinajstić information content (AvgIpc) is 2.98. The van der Waals surface area contributed by atoms with Gasteiger partial charge in [-0.1, -0.05) is 6.92 Å². The van der Waals surface area contributed by atoms with E-state index in [4.69, 9.17) is 5.73 Å². The molecule has 3 aromatic heterocycles. The molecule has 8 heteroatoms. The number of nitrogens with two attached hydrogens (primary N) is 1. The van der Waals surface area contributed by atoms with Gasteiger partial charge in [0.1, 0.15) is 17.5 Å². The van der Waals surface area contributed by atoms with Crippen LogP contribution in [0.4, 0.5) is 11.8 Å². The molecule has 0 atom stereocenters. The van der Waals surface area contributed by atoms with E-state index in [1.165, 1.54) is 0 Å². The summed E-state index contributed by atoms with van der Waals surface area (Å²) in [5.74, 6) is 0.732. The van der Waals surface area contributed by atoms with Gasteiger partial charge in [0.05, 0.1) is 11.4 Å². The second-order valence-corrected chi connectivity index (χ2v) is 5.95. The molecule has 3 aromatic rings. The highest BCUT2D eigenvalue weighted by Gasteiger charge is 2.16. The lowest BCUT2D eigenvalue weighted by molar-refractivity contribution is 0.756. The highest BCUT2D eigenvalue weighted by molar-refractivity contribution is 5.79. The number of rotatable bonds is 5. The van der Waals surface area contributed by atoms with Crippen molar-refractivity contribution in [2.45, 2.75) is 20.3 Å². The fourth-order valence-corrected chi connectivity index (χ4v) is 2.69. The largest absolute Gasteiger partial charge is 0.383 e. The van der Waals surface area contributed by atoms with Gasteiger partial charge in [-0.2, -0.15) is 10.4 Å². The van der Waals surface area contributed by atoms with Gasteiger partial charge in [-0.3, -0.25) is 4.68 Å². The highest BCUT2D eigenvalue weighted by Crippen LogP contribution is 2.31. The molecule has 0 saturated heterocycles. The van der Waals surface area contributed by atoms with Gasteiger partial charge in [0, 0.05) is 48.9 Å². The Kier molecular flexibility index (Phi) is 4.80. The van der Waals surface area contributed by atoms with Gasteiger partial charge in [0.2, 0.25) is 5.95 Å². The first-order valence-electron chi connectivity index (χ1n) is 8.31. The molecule has 3 rings (SSSR count). The third-order valence-electron chi connectivity index (χ3n) is 3.94. The summed E-state index contributed by atoms with van der Waals surface area (Å²) in [6.45, 7) is 4.78. The second kappa shape index (κ2) is 7.19. The first-order valence-corrected chi connectivity index (χ1v) is 8.31.